The first kappa shape index (κ1) is 11.7. The maximum Gasteiger partial charge on any atom is 0.230 e. The van der Waals surface area contributed by atoms with Gasteiger partial charge in [0.25, 0.3) is 0 Å². The first-order chi connectivity index (χ1) is 8.69. The third-order valence-electron chi connectivity index (χ3n) is 4.24. The van der Waals surface area contributed by atoms with Gasteiger partial charge in [0.15, 0.2) is 0 Å². The molecule has 1 N–H and O–H groups in total. The van der Waals surface area contributed by atoms with Gasteiger partial charge in [-0.1, -0.05) is 24.3 Å². The summed E-state index contributed by atoms with van der Waals surface area (Å²) in [7, 11) is 0. The fraction of sp³-hybridized carbons (Fsp3) is 0.533. The molecule has 2 aliphatic heterocycles. The van der Waals surface area contributed by atoms with E-state index in [9.17, 15) is 4.79 Å². The van der Waals surface area contributed by atoms with E-state index >= 15 is 0 Å². The lowest BCUT2D eigenvalue weighted by molar-refractivity contribution is -0.142. The topological polar surface area (TPSA) is 32.3 Å². The van der Waals surface area contributed by atoms with Crippen molar-refractivity contribution in [3.8, 4) is 0 Å². The van der Waals surface area contributed by atoms with Crippen LogP contribution < -0.4 is 5.32 Å². The Morgan fingerprint density at radius 1 is 1.28 bits per heavy atom. The number of nitrogens with zero attached hydrogens (tertiary/aromatic N) is 1. The van der Waals surface area contributed by atoms with Crippen molar-refractivity contribution < 1.29 is 4.79 Å². The van der Waals surface area contributed by atoms with Crippen molar-refractivity contribution in [2.75, 3.05) is 13.1 Å². The van der Waals surface area contributed by atoms with Crippen molar-refractivity contribution in [2.45, 2.75) is 32.9 Å². The molecule has 0 radical (unpaired) electrons. The minimum atomic E-state index is -0.208. The van der Waals surface area contributed by atoms with E-state index in [0.29, 0.717) is 5.91 Å². The van der Waals surface area contributed by atoms with Crippen molar-refractivity contribution in [2.24, 2.45) is 5.41 Å². The number of hydrogen-bond acceptors (Lipinski definition) is 2. The van der Waals surface area contributed by atoms with Crippen LogP contribution in [-0.2, 0) is 17.9 Å². The maximum absolute atomic E-state index is 12.7. The van der Waals surface area contributed by atoms with Gasteiger partial charge in [0.05, 0.1) is 5.41 Å². The highest BCUT2D eigenvalue weighted by atomic mass is 16.2. The van der Waals surface area contributed by atoms with Crippen LogP contribution in [-0.4, -0.2) is 23.9 Å². The number of nitrogens with one attached hydrogen (secondary N) is 1. The van der Waals surface area contributed by atoms with Crippen LogP contribution in [0.25, 0.3) is 0 Å². The van der Waals surface area contributed by atoms with Gasteiger partial charge in [0, 0.05) is 19.6 Å². The minimum absolute atomic E-state index is 0.208. The van der Waals surface area contributed by atoms with Gasteiger partial charge in [-0.05, 0) is 37.4 Å². The molecule has 1 atom stereocenters. The Morgan fingerprint density at radius 3 is 2.50 bits per heavy atom. The molecule has 96 valence electrons. The average molecular weight is 244 g/mol. The summed E-state index contributed by atoms with van der Waals surface area (Å²) in [6.45, 7) is 5.53. The molecule has 1 amide bonds. The number of piperidine rings is 1. The lowest BCUT2D eigenvalue weighted by Gasteiger charge is -2.35. The van der Waals surface area contributed by atoms with Crippen LogP contribution >= 0.6 is 0 Å². The van der Waals surface area contributed by atoms with Gasteiger partial charge in [-0.2, -0.15) is 0 Å². The zero-order valence-corrected chi connectivity index (χ0v) is 10.9. The molecule has 0 aromatic heterocycles. The number of amides is 1. The minimum Gasteiger partial charge on any atom is -0.334 e. The molecule has 3 rings (SSSR count). The van der Waals surface area contributed by atoms with Gasteiger partial charge >= 0.3 is 0 Å². The van der Waals surface area contributed by atoms with Crippen LogP contribution in [0.3, 0.4) is 0 Å². The number of carbonyl (C=O) groups excluding carboxylic acids is 1. The molecule has 1 aromatic carbocycles. The molecule has 18 heavy (non-hydrogen) atoms. The van der Waals surface area contributed by atoms with E-state index in [1.807, 2.05) is 4.90 Å². The van der Waals surface area contributed by atoms with Crippen LogP contribution in [0.4, 0.5) is 0 Å². The van der Waals surface area contributed by atoms with Crippen molar-refractivity contribution in [1.82, 2.24) is 10.2 Å². The molecule has 3 nitrogen and oxygen atoms in total. The number of fused-ring (bicyclic) bond motifs is 1. The van der Waals surface area contributed by atoms with Gasteiger partial charge in [-0.3, -0.25) is 4.79 Å². The molecule has 2 heterocycles. The van der Waals surface area contributed by atoms with Crippen LogP contribution in [0.15, 0.2) is 24.3 Å². The summed E-state index contributed by atoms with van der Waals surface area (Å²) in [6, 6.07) is 8.36. The molecule has 1 fully saturated rings. The standard InChI is InChI=1S/C15H20N2O/c1-15(7-4-8-16-11-15)14(18)17-9-12-5-2-3-6-13(12)10-17/h2-3,5-6,16H,4,7-11H2,1H3. The number of carbonyl (C=O) groups is 1. The number of benzene rings is 1. The maximum atomic E-state index is 12.7. The predicted octanol–water partition coefficient (Wildman–Crippen LogP) is 1.92. The van der Waals surface area contributed by atoms with E-state index in [1.165, 1.54) is 11.1 Å². The second-order valence-electron chi connectivity index (χ2n) is 5.77. The Morgan fingerprint density at radius 2 is 1.94 bits per heavy atom. The Hall–Kier alpha value is -1.35. The highest BCUT2D eigenvalue weighted by Gasteiger charge is 2.39. The summed E-state index contributed by atoms with van der Waals surface area (Å²) in [4.78, 5) is 14.7. The summed E-state index contributed by atoms with van der Waals surface area (Å²) in [6.07, 6.45) is 2.11. The molecule has 0 spiro atoms. The van der Waals surface area contributed by atoms with E-state index in [2.05, 4.69) is 36.5 Å². The predicted molar refractivity (Wildman–Crippen MR) is 70.9 cm³/mol. The quantitative estimate of drug-likeness (QED) is 0.818. The number of hydrogen-bond donors (Lipinski definition) is 1. The SMILES string of the molecule is CC1(C(=O)N2Cc3ccccc3C2)CCCNC1. The zero-order chi connectivity index (χ0) is 12.6. The Kier molecular flexibility index (Phi) is 2.86. The fourth-order valence-corrected chi connectivity index (χ4v) is 3.10. The molecule has 1 aromatic rings. The highest BCUT2D eigenvalue weighted by molar-refractivity contribution is 5.83. The molecular weight excluding hydrogens is 224 g/mol. The largest absolute Gasteiger partial charge is 0.334 e. The van der Waals surface area contributed by atoms with E-state index in [1.54, 1.807) is 0 Å². The lowest BCUT2D eigenvalue weighted by Crippen LogP contribution is -2.48. The van der Waals surface area contributed by atoms with Crippen LogP contribution in [0, 0.1) is 5.41 Å². The Balaban J connectivity index is 1.76. The Labute approximate surface area is 108 Å². The van der Waals surface area contributed by atoms with Gasteiger partial charge < -0.3 is 10.2 Å². The second-order valence-corrected chi connectivity index (χ2v) is 5.77. The monoisotopic (exact) mass is 244 g/mol. The molecule has 0 bridgehead atoms. The molecule has 0 saturated carbocycles. The first-order valence-corrected chi connectivity index (χ1v) is 6.76. The smallest absolute Gasteiger partial charge is 0.230 e. The van der Waals surface area contributed by atoms with E-state index in [0.717, 1.165) is 39.0 Å². The molecule has 3 heteroatoms. The van der Waals surface area contributed by atoms with Crippen molar-refractivity contribution in [3.63, 3.8) is 0 Å². The van der Waals surface area contributed by atoms with E-state index in [4.69, 9.17) is 0 Å². The van der Waals surface area contributed by atoms with Crippen molar-refractivity contribution in [3.05, 3.63) is 35.4 Å². The summed E-state index contributed by atoms with van der Waals surface area (Å²) in [5.41, 5.74) is 2.40. The summed E-state index contributed by atoms with van der Waals surface area (Å²) < 4.78 is 0. The van der Waals surface area contributed by atoms with Crippen LogP contribution in [0.2, 0.25) is 0 Å². The number of rotatable bonds is 1. The first-order valence-electron chi connectivity index (χ1n) is 6.76. The van der Waals surface area contributed by atoms with Gasteiger partial charge in [-0.15, -0.1) is 0 Å². The van der Waals surface area contributed by atoms with Crippen molar-refractivity contribution in [1.29, 1.82) is 0 Å². The lowest BCUT2D eigenvalue weighted by atomic mass is 9.81. The van der Waals surface area contributed by atoms with Crippen LogP contribution in [0.1, 0.15) is 30.9 Å². The molecule has 2 aliphatic rings. The Bertz CT molecular complexity index is 438. The van der Waals surface area contributed by atoms with E-state index in [-0.39, 0.29) is 5.41 Å². The fourth-order valence-electron chi connectivity index (χ4n) is 3.10. The average Bonchev–Trinajstić information content (AvgIpc) is 2.82. The third-order valence-corrected chi connectivity index (χ3v) is 4.24. The van der Waals surface area contributed by atoms with Crippen LogP contribution in [0.5, 0.6) is 0 Å². The highest BCUT2D eigenvalue weighted by Crippen LogP contribution is 2.32. The van der Waals surface area contributed by atoms with Gasteiger partial charge in [-0.25, -0.2) is 0 Å². The van der Waals surface area contributed by atoms with Gasteiger partial charge in [0.2, 0.25) is 5.91 Å². The summed E-state index contributed by atoms with van der Waals surface area (Å²) in [5.74, 6) is 0.311. The normalized spacial score (nSPS) is 27.1. The second kappa shape index (κ2) is 4.39. The zero-order valence-electron chi connectivity index (χ0n) is 10.9. The summed E-state index contributed by atoms with van der Waals surface area (Å²) in [5, 5.41) is 3.35. The van der Waals surface area contributed by atoms with E-state index < -0.39 is 0 Å². The van der Waals surface area contributed by atoms with Crippen molar-refractivity contribution >= 4 is 5.91 Å². The summed E-state index contributed by atoms with van der Waals surface area (Å²) >= 11 is 0. The molecular formula is C15H20N2O. The molecule has 1 saturated heterocycles. The van der Waals surface area contributed by atoms with Gasteiger partial charge in [0.1, 0.15) is 0 Å². The molecule has 0 aliphatic carbocycles. The molecule has 1 unspecified atom stereocenters. The third kappa shape index (κ3) is 1.93.